The van der Waals surface area contributed by atoms with Gasteiger partial charge in [0.15, 0.2) is 11.9 Å². The molecule has 28 nitrogen and oxygen atoms in total. The number of guanidine groups is 2. The summed E-state index contributed by atoms with van der Waals surface area (Å²) in [6, 6.07) is -11.5. The Balaban J connectivity index is 2.38. The maximum absolute atomic E-state index is 14.6. The van der Waals surface area contributed by atoms with E-state index in [0.717, 1.165) is 4.90 Å². The molecule has 0 spiro atoms. The van der Waals surface area contributed by atoms with Gasteiger partial charge in [-0.25, -0.2) is 4.79 Å². The van der Waals surface area contributed by atoms with Crippen LogP contribution in [-0.4, -0.2) is 190 Å². The largest absolute Gasteiger partial charge is 0.480 e. The fraction of sp³-hybridized carbons (Fsp3) is 0.771. The Hall–Kier alpha value is -6.39. The Morgan fingerprint density at radius 2 is 0.987 bits per heavy atom. The lowest BCUT2D eigenvalue weighted by molar-refractivity contribution is -0.146. The zero-order chi connectivity index (χ0) is 57.4. The van der Waals surface area contributed by atoms with Crippen molar-refractivity contribution >= 4 is 65.1 Å². The van der Waals surface area contributed by atoms with Crippen LogP contribution >= 0.6 is 0 Å². The number of carbonyl (C=O) groups is 9. The van der Waals surface area contributed by atoms with Crippen LogP contribution in [0.4, 0.5) is 0 Å². The van der Waals surface area contributed by atoms with Gasteiger partial charge in [-0.15, -0.1) is 0 Å². The second-order valence-electron chi connectivity index (χ2n) is 20.5. The molecule has 2 fully saturated rings. The normalized spacial score (nSPS) is 18.9. The summed E-state index contributed by atoms with van der Waals surface area (Å²) in [6.45, 7) is 10.4. The molecule has 432 valence electrons. The molecule has 0 saturated carbocycles. The van der Waals surface area contributed by atoms with Crippen molar-refractivity contribution in [2.45, 2.75) is 192 Å². The Morgan fingerprint density at radius 3 is 1.46 bits per heavy atom. The molecular formula is C48H88N16O12. The lowest BCUT2D eigenvalue weighted by atomic mass is 10.0. The first kappa shape index (κ1) is 65.7. The van der Waals surface area contributed by atoms with Crippen molar-refractivity contribution in [3.63, 3.8) is 0 Å². The molecule has 0 unspecified atom stereocenters. The predicted octanol–water partition coefficient (Wildman–Crippen LogP) is -4.62. The minimum Gasteiger partial charge on any atom is -0.480 e. The molecule has 2 aliphatic rings. The van der Waals surface area contributed by atoms with Gasteiger partial charge in [-0.3, -0.25) is 48.3 Å². The average molecular weight is 1080 g/mol. The van der Waals surface area contributed by atoms with Gasteiger partial charge in [0.1, 0.15) is 48.3 Å². The fourth-order valence-electron chi connectivity index (χ4n) is 8.93. The summed E-state index contributed by atoms with van der Waals surface area (Å²) in [4.78, 5) is 134. The molecule has 2 aliphatic heterocycles. The lowest BCUT2D eigenvalue weighted by Crippen LogP contribution is -2.62. The van der Waals surface area contributed by atoms with E-state index in [9.17, 15) is 58.5 Å². The van der Waals surface area contributed by atoms with E-state index in [0.29, 0.717) is 32.2 Å². The van der Waals surface area contributed by atoms with Crippen molar-refractivity contribution < 1.29 is 58.5 Å². The monoisotopic (exact) mass is 1080 g/mol. The third-order valence-corrected chi connectivity index (χ3v) is 12.9. The molecule has 0 radical (unpaired) electrons. The molecule has 0 aromatic heterocycles. The summed E-state index contributed by atoms with van der Waals surface area (Å²) in [5, 5.41) is 46.6. The number of hydrogen-bond acceptors (Lipinski definition) is 15. The second kappa shape index (κ2) is 32.9. The van der Waals surface area contributed by atoms with Crippen molar-refractivity contribution in [2.75, 3.05) is 32.7 Å². The number of aliphatic hydroxyl groups excluding tert-OH is 2. The summed E-state index contributed by atoms with van der Waals surface area (Å²) in [5.74, 6) is -8.06. The standard InChI is InChI=1S/C48H88N16O12/c1-25(2)23-32(40(69)57-30(14-9-19-55-47(51)52)39(68)60-33(46(75)76)24-26(3)4)59-42(71)34-16-11-21-63(34)44(73)31(15-10-20-56-48(53)54)58-41(70)35-17-12-22-64(35)45(74)37(28(6)66)62-43(72)36(27(5)65)61-38(67)29(50)13-7-8-18-49/h25-37,65-66H,7-24,49-50H2,1-6H3,(H,57,69)(H,58,70)(H,59,71)(H,60,68)(H,61,67)(H,62,72)(H,75,76)(H4,51,52,55)(H4,53,54,56)/t27-,28-,29+,30+,31+,32+,33+,34+,35+,36+,37+/m1/s1. The zero-order valence-corrected chi connectivity index (χ0v) is 45.0. The third-order valence-electron chi connectivity index (χ3n) is 12.9. The molecule has 28 heteroatoms. The maximum atomic E-state index is 14.6. The van der Waals surface area contributed by atoms with E-state index in [1.54, 1.807) is 13.8 Å². The number of likely N-dealkylation sites (tertiary alicyclic amines) is 2. The highest BCUT2D eigenvalue weighted by molar-refractivity contribution is 5.98. The van der Waals surface area contributed by atoms with Crippen molar-refractivity contribution in [1.29, 1.82) is 0 Å². The molecule has 0 aromatic carbocycles. The lowest BCUT2D eigenvalue weighted by Gasteiger charge is -2.33. The van der Waals surface area contributed by atoms with Gasteiger partial charge in [-0.1, -0.05) is 34.1 Å². The smallest absolute Gasteiger partial charge is 0.326 e. The van der Waals surface area contributed by atoms with Crippen LogP contribution in [-0.2, 0) is 43.2 Å². The van der Waals surface area contributed by atoms with Crippen LogP contribution in [0.5, 0.6) is 0 Å². The number of unbranched alkanes of at least 4 members (excludes halogenated alkanes) is 1. The van der Waals surface area contributed by atoms with E-state index in [1.165, 1.54) is 18.7 Å². The van der Waals surface area contributed by atoms with Gasteiger partial charge in [0, 0.05) is 26.2 Å². The second-order valence-corrected chi connectivity index (χ2v) is 20.5. The number of aliphatic hydroxyl groups is 2. The summed E-state index contributed by atoms with van der Waals surface area (Å²) in [6.07, 6.45) is 0.0732. The minimum absolute atomic E-state index is 0.00833. The van der Waals surface area contributed by atoms with E-state index in [2.05, 4.69) is 41.9 Å². The number of hydrogen-bond donors (Lipinski definition) is 15. The highest BCUT2D eigenvalue weighted by Gasteiger charge is 2.44. The predicted molar refractivity (Wildman–Crippen MR) is 282 cm³/mol. The van der Waals surface area contributed by atoms with Crippen LogP contribution in [0, 0.1) is 11.8 Å². The molecule has 11 atom stereocenters. The third kappa shape index (κ3) is 22.1. The van der Waals surface area contributed by atoms with Crippen LogP contribution in [0.1, 0.15) is 125 Å². The molecule has 21 N–H and O–H groups in total. The number of nitrogens with one attached hydrogen (secondary N) is 6. The summed E-state index contributed by atoms with van der Waals surface area (Å²) in [5.41, 5.74) is 33.5. The molecule has 2 rings (SSSR count). The van der Waals surface area contributed by atoms with Crippen LogP contribution in [0.2, 0.25) is 0 Å². The number of nitrogens with zero attached hydrogens (tertiary/aromatic N) is 4. The van der Waals surface area contributed by atoms with Crippen molar-refractivity contribution in [1.82, 2.24) is 41.7 Å². The number of nitrogens with two attached hydrogens (primary N) is 6. The zero-order valence-electron chi connectivity index (χ0n) is 45.0. The highest BCUT2D eigenvalue weighted by Crippen LogP contribution is 2.23. The van der Waals surface area contributed by atoms with Crippen molar-refractivity contribution in [2.24, 2.45) is 56.2 Å². The average Bonchev–Trinajstić information content (AvgIpc) is 4.04. The van der Waals surface area contributed by atoms with Crippen molar-refractivity contribution in [3.05, 3.63) is 0 Å². The molecule has 2 heterocycles. The number of aliphatic imine (C=N–C) groups is 2. The first-order valence-corrected chi connectivity index (χ1v) is 26.3. The van der Waals surface area contributed by atoms with Crippen LogP contribution in [0.25, 0.3) is 0 Å². The molecule has 8 amide bonds. The minimum atomic E-state index is -1.64. The summed E-state index contributed by atoms with van der Waals surface area (Å²) < 4.78 is 0. The number of amides is 8. The van der Waals surface area contributed by atoms with Crippen LogP contribution < -0.4 is 66.3 Å². The van der Waals surface area contributed by atoms with E-state index in [1.807, 2.05) is 13.8 Å². The maximum Gasteiger partial charge on any atom is 0.326 e. The van der Waals surface area contributed by atoms with Crippen LogP contribution in [0.15, 0.2) is 9.98 Å². The van der Waals surface area contributed by atoms with Gasteiger partial charge in [0.05, 0.1) is 18.2 Å². The Bertz CT molecular complexity index is 2010. The van der Waals surface area contributed by atoms with Gasteiger partial charge < -0.3 is 91.4 Å². The molecule has 0 bridgehead atoms. The number of aliphatic carboxylic acids is 1. The fourth-order valence-corrected chi connectivity index (χ4v) is 8.93. The first-order chi connectivity index (χ1) is 35.7. The quantitative estimate of drug-likeness (QED) is 0.0167. The Morgan fingerprint density at radius 1 is 0.539 bits per heavy atom. The summed E-state index contributed by atoms with van der Waals surface area (Å²) >= 11 is 0. The van der Waals surface area contributed by atoms with E-state index in [-0.39, 0.29) is 108 Å². The van der Waals surface area contributed by atoms with E-state index < -0.39 is 120 Å². The van der Waals surface area contributed by atoms with Crippen molar-refractivity contribution in [3.8, 4) is 0 Å². The van der Waals surface area contributed by atoms with Gasteiger partial charge >= 0.3 is 5.97 Å². The van der Waals surface area contributed by atoms with Gasteiger partial charge in [-0.2, -0.15) is 0 Å². The number of rotatable bonds is 33. The number of carboxylic acid groups (broad SMARTS) is 1. The highest BCUT2D eigenvalue weighted by atomic mass is 16.4. The number of carbonyl (C=O) groups excluding carboxylic acids is 8. The van der Waals surface area contributed by atoms with E-state index in [4.69, 9.17) is 34.4 Å². The molecule has 2 saturated heterocycles. The van der Waals surface area contributed by atoms with Gasteiger partial charge in [0.2, 0.25) is 47.3 Å². The Labute approximate surface area is 444 Å². The molecular weight excluding hydrogens is 993 g/mol. The number of carboxylic acids is 1. The SMILES string of the molecule is CC(C)C[C@H](NC(=O)[C@H](CCCN=C(N)N)NC(=O)[C@H](CC(C)C)NC(=O)[C@@H]1CCCN1C(=O)[C@H](CCCN=C(N)N)NC(=O)[C@@H]1CCCN1C(=O)[C@@H](NC(=O)[C@@H](NC(=O)[C@@H](N)CCCCN)[C@@H](C)O)[C@@H](C)O)C(=O)O. The first-order valence-electron chi connectivity index (χ1n) is 26.3. The summed E-state index contributed by atoms with van der Waals surface area (Å²) in [7, 11) is 0. The van der Waals surface area contributed by atoms with Gasteiger partial charge in [-0.05, 0) is 109 Å². The molecule has 0 aliphatic carbocycles. The van der Waals surface area contributed by atoms with E-state index >= 15 is 0 Å². The molecule has 0 aromatic rings. The van der Waals surface area contributed by atoms with Crippen LogP contribution in [0.3, 0.4) is 0 Å². The topological polar surface area (TPSA) is 474 Å². The van der Waals surface area contributed by atoms with Gasteiger partial charge in [0.25, 0.3) is 0 Å². The Kier molecular flexibility index (Phi) is 28.5. The molecule has 76 heavy (non-hydrogen) atoms.